The van der Waals surface area contributed by atoms with Gasteiger partial charge in [0.15, 0.2) is 0 Å². The van der Waals surface area contributed by atoms with Crippen molar-refractivity contribution >= 4 is 0 Å². The zero-order valence-electron chi connectivity index (χ0n) is 13.5. The van der Waals surface area contributed by atoms with Crippen LogP contribution in [0.5, 0.6) is 0 Å². The minimum absolute atomic E-state index is 0. The van der Waals surface area contributed by atoms with E-state index in [-0.39, 0.29) is 55.0 Å². The fraction of sp³-hybridized carbons (Fsp3) is 0. The van der Waals surface area contributed by atoms with Crippen molar-refractivity contribution in [1.29, 1.82) is 63.1 Å². The monoisotopic (exact) mass is 616 g/mol. The molecule has 0 amide bonds. The zero-order valence-corrected chi connectivity index (χ0v) is 18.7. The molecule has 0 rings (SSSR count). The third-order valence-electron chi connectivity index (χ3n) is 2.37. The van der Waals surface area contributed by atoms with Crippen LogP contribution in [-0.2, 0) is 70.9 Å². The van der Waals surface area contributed by atoms with E-state index in [1.807, 2.05) is 0 Å². The Morgan fingerprint density at radius 2 is 0.333 bits per heavy atom. The average Bonchev–Trinajstić information content (AvgIpc) is 2.77. The number of hydrogen-bond donors (Lipinski definition) is 0. The molecule has 0 spiro atoms. The number of rotatable bonds is 0. The van der Waals surface area contributed by atoms with E-state index in [0.717, 1.165) is 59.6 Å². The van der Waals surface area contributed by atoms with E-state index in [4.69, 9.17) is 63.1 Å². The summed E-state index contributed by atoms with van der Waals surface area (Å²) in [5.41, 5.74) is 0. The normalized spacial score (nSPS) is 11.6. The van der Waals surface area contributed by atoms with Crippen molar-refractivity contribution in [2.75, 3.05) is 0 Å². The molecule has 0 radical (unpaired) electrons. The molecule has 0 bridgehead atoms. The average molecular weight is 618 g/mol. The number of nitriles is 12. The largest absolute Gasteiger partial charge is 2.00 e. The first-order chi connectivity index (χ1) is 11.9. The predicted octanol–water partition coefficient (Wildman–Crippen LogP) is -0.636. The van der Waals surface area contributed by atoms with E-state index < -0.39 is 21.5 Å². The van der Waals surface area contributed by atoms with Crippen molar-refractivity contribution in [2.45, 2.75) is 0 Å². The van der Waals surface area contributed by atoms with Crippen LogP contribution >= 0.6 is 0 Å². The molecule has 162 valence electrons. The first-order valence-electron chi connectivity index (χ1n) is 4.80. The van der Waals surface area contributed by atoms with Crippen LogP contribution in [0, 0.1) is 123 Å². The molecule has 0 unspecified atom stereocenters. The standard InChI is InChI=1S/12CN.2Fe.3Ni.H2O/c12*1-2;;;;;;/h;;;;;;;;;;;;;;;;;1H2/q;;;;;;;;;;;;2*-3;3*+2;. The maximum Gasteiger partial charge on any atom is 2.00 e. The van der Waals surface area contributed by atoms with E-state index in [1.54, 1.807) is 0 Å². The molecule has 18 heteroatoms. The Labute approximate surface area is 197 Å². The van der Waals surface area contributed by atoms with Crippen molar-refractivity contribution in [3.05, 3.63) is 0 Å². The Hall–Kier alpha value is -3.64. The quantitative estimate of drug-likeness (QED) is 0.306. The van der Waals surface area contributed by atoms with Gasteiger partial charge in [-0.05, 0) is 0 Å². The van der Waals surface area contributed by atoms with Gasteiger partial charge in [-0.25, -0.2) is 0 Å². The molecule has 0 saturated carbocycles. The van der Waals surface area contributed by atoms with Gasteiger partial charge in [-0.1, -0.05) is 0 Å². The van der Waals surface area contributed by atoms with E-state index in [2.05, 4.69) is 0 Å². The van der Waals surface area contributed by atoms with Crippen molar-refractivity contribution in [3.8, 4) is 59.6 Å². The van der Waals surface area contributed by atoms with Crippen LogP contribution in [0.15, 0.2) is 0 Å². The summed E-state index contributed by atoms with van der Waals surface area (Å²) >= 11 is 0. The molecule has 0 aromatic heterocycles. The molecule has 0 aliphatic carbocycles. The molecule has 2 N–H and O–H groups in total. The first kappa shape index (κ1) is 40.9. The molecule has 0 saturated heterocycles. The molecule has 0 fully saturated rings. The van der Waals surface area contributed by atoms with Crippen molar-refractivity contribution in [3.63, 3.8) is 0 Å². The van der Waals surface area contributed by atoms with E-state index in [1.165, 1.54) is 0 Å². The maximum atomic E-state index is 8.58. The van der Waals surface area contributed by atoms with Gasteiger partial charge in [-0.2, -0.15) is 0 Å². The summed E-state index contributed by atoms with van der Waals surface area (Å²) in [6.07, 6.45) is 0. The third-order valence-corrected chi connectivity index (χ3v) is 9.78. The summed E-state index contributed by atoms with van der Waals surface area (Å²) in [6, 6.07) is 0. The van der Waals surface area contributed by atoms with Crippen LogP contribution in [0.4, 0.5) is 0 Å². The molecule has 0 aliphatic rings. The molecule has 0 aromatic carbocycles. The molecular formula is C12H2Fe2N12Ni3O. The van der Waals surface area contributed by atoms with Crippen molar-refractivity contribution in [2.24, 2.45) is 0 Å². The molecular weight excluding hydrogens is 616 g/mol. The summed E-state index contributed by atoms with van der Waals surface area (Å²) in [4.78, 5) is 12.4. The molecule has 13 nitrogen and oxygen atoms in total. The molecule has 0 aromatic rings. The van der Waals surface area contributed by atoms with Gasteiger partial charge >= 0.3 is 194 Å². The second kappa shape index (κ2) is 10.2. The smallest absolute Gasteiger partial charge is 0.412 e. The number of hydrogen-bond acceptors (Lipinski definition) is 12. The minimum Gasteiger partial charge on any atom is -0.412 e. The van der Waals surface area contributed by atoms with Crippen LogP contribution in [0.2, 0.25) is 0 Å². The van der Waals surface area contributed by atoms with Crippen molar-refractivity contribution < 1.29 is 76.4 Å². The Morgan fingerprint density at radius 1 is 0.267 bits per heavy atom. The Balaban J connectivity index is -0.0000000847. The summed E-state index contributed by atoms with van der Waals surface area (Å²) < 4.78 is 0. The first-order valence-corrected chi connectivity index (χ1v) is 11.4. The third kappa shape index (κ3) is 4.18. The molecule has 0 atom stereocenters. The predicted molar refractivity (Wildman–Crippen MR) is 71.0 cm³/mol. The molecule has 0 aliphatic heterocycles. The van der Waals surface area contributed by atoms with Gasteiger partial charge in [0.05, 0.1) is 0 Å². The van der Waals surface area contributed by atoms with Gasteiger partial charge in [0.1, 0.15) is 0 Å². The van der Waals surface area contributed by atoms with Crippen molar-refractivity contribution in [1.82, 2.24) is 0 Å². The van der Waals surface area contributed by atoms with Gasteiger partial charge in [0.25, 0.3) is 0 Å². The van der Waals surface area contributed by atoms with Crippen LogP contribution in [0.1, 0.15) is 0 Å². The van der Waals surface area contributed by atoms with Gasteiger partial charge in [-0.3, -0.25) is 0 Å². The second-order valence-electron chi connectivity index (χ2n) is 3.60. The van der Waals surface area contributed by atoms with Gasteiger partial charge < -0.3 is 5.48 Å². The second-order valence-corrected chi connectivity index (χ2v) is 14.8. The maximum absolute atomic E-state index is 8.58. The Morgan fingerprint density at radius 3 is 0.333 bits per heavy atom. The summed E-state index contributed by atoms with van der Waals surface area (Å²) in [7, 11) is -12.3. The van der Waals surface area contributed by atoms with E-state index >= 15 is 0 Å². The molecule has 0 heterocycles. The summed E-state index contributed by atoms with van der Waals surface area (Å²) in [5, 5.41) is 103. The van der Waals surface area contributed by atoms with Gasteiger partial charge in [0, 0.05) is 0 Å². The van der Waals surface area contributed by atoms with E-state index in [0.29, 0.717) is 0 Å². The van der Waals surface area contributed by atoms with Crippen LogP contribution in [-0.4, -0.2) is 5.48 Å². The fourth-order valence-corrected chi connectivity index (χ4v) is 2.19. The summed E-state index contributed by atoms with van der Waals surface area (Å²) in [5.74, 6) is 0. The Kier molecular flexibility index (Phi) is 13.9. The zero-order chi connectivity index (χ0) is 21.3. The van der Waals surface area contributed by atoms with Crippen LogP contribution < -0.4 is 0 Å². The summed E-state index contributed by atoms with van der Waals surface area (Å²) in [6.45, 7) is 0. The van der Waals surface area contributed by atoms with Gasteiger partial charge in [-0.15, -0.1) is 0 Å². The SMILES string of the molecule is N#[C][Fe-3]([C]#N)([C]#N)([C]#N)([C]#N)[C]#N.N#[C][Fe-3]([C]#N)([C]#N)([C]#N)([C]#N)[C]#N.O.[Ni+2].[Ni+2].[Ni+2]. The van der Waals surface area contributed by atoms with Crippen LogP contribution in [0.3, 0.4) is 0 Å². The van der Waals surface area contributed by atoms with Crippen LogP contribution in [0.25, 0.3) is 0 Å². The minimum atomic E-state index is -6.17. The number of nitrogens with zero attached hydrogens (tertiary/aromatic N) is 12. The Bertz CT molecular complexity index is 896. The van der Waals surface area contributed by atoms with E-state index in [9.17, 15) is 0 Å². The molecule has 30 heavy (non-hydrogen) atoms. The topological polar surface area (TPSA) is 317 Å². The fourth-order valence-electron chi connectivity index (χ4n) is 0.530. The van der Waals surface area contributed by atoms with Gasteiger partial charge in [0.2, 0.25) is 0 Å².